The first-order chi connectivity index (χ1) is 12.1. The Morgan fingerprint density at radius 3 is 2.88 bits per heavy atom. The minimum atomic E-state index is -1.01. The van der Waals surface area contributed by atoms with E-state index in [1.54, 1.807) is 24.3 Å². The fourth-order valence-corrected chi connectivity index (χ4v) is 2.84. The average Bonchev–Trinajstić information content (AvgIpc) is 3.15. The zero-order valence-corrected chi connectivity index (χ0v) is 13.8. The molecule has 1 aromatic heterocycles. The van der Waals surface area contributed by atoms with E-state index in [2.05, 4.69) is 10.3 Å². The number of nitrogens with one attached hydrogen (secondary N) is 1. The van der Waals surface area contributed by atoms with Gasteiger partial charge in [-0.15, -0.1) is 0 Å². The van der Waals surface area contributed by atoms with Gasteiger partial charge < -0.3 is 15.2 Å². The Labute approximate surface area is 145 Å². The molecule has 3 rings (SSSR count). The van der Waals surface area contributed by atoms with Gasteiger partial charge in [-0.25, -0.2) is 4.79 Å². The van der Waals surface area contributed by atoms with Crippen LogP contribution in [0.3, 0.4) is 0 Å². The Bertz CT molecular complexity index is 770. The predicted octanol–water partition coefficient (Wildman–Crippen LogP) is 2.60. The second-order valence-corrected chi connectivity index (χ2v) is 6.09. The number of aromatic carboxylic acids is 1. The molecule has 130 valence electrons. The van der Waals surface area contributed by atoms with Crippen molar-refractivity contribution in [1.82, 2.24) is 10.3 Å². The van der Waals surface area contributed by atoms with E-state index >= 15 is 0 Å². The summed E-state index contributed by atoms with van der Waals surface area (Å²) in [6, 6.07) is 9.97. The van der Waals surface area contributed by atoms with Gasteiger partial charge >= 0.3 is 5.97 Å². The molecule has 0 aliphatic carbocycles. The molecule has 1 saturated heterocycles. The molecule has 6 heteroatoms. The molecule has 1 amide bonds. The van der Waals surface area contributed by atoms with Crippen molar-refractivity contribution in [1.29, 1.82) is 0 Å². The standard InChI is InChI=1S/C19H20N2O4/c22-18(21-7-4-13-6-9-25-12-13)15-3-1-2-14(10-15)17-11-16(19(23)24)5-8-20-17/h1-3,5,8,10-11,13H,4,6-7,9,12H2,(H,21,22)(H,23,24)/t13-/m1/s1. The Balaban J connectivity index is 1.67. The second kappa shape index (κ2) is 7.90. The summed E-state index contributed by atoms with van der Waals surface area (Å²) >= 11 is 0. The highest BCUT2D eigenvalue weighted by atomic mass is 16.5. The van der Waals surface area contributed by atoms with E-state index in [1.807, 2.05) is 0 Å². The highest BCUT2D eigenvalue weighted by Gasteiger charge is 2.16. The maximum absolute atomic E-state index is 12.3. The molecule has 1 aliphatic rings. The number of aromatic nitrogens is 1. The summed E-state index contributed by atoms with van der Waals surface area (Å²) < 4.78 is 5.33. The summed E-state index contributed by atoms with van der Waals surface area (Å²) in [7, 11) is 0. The lowest BCUT2D eigenvalue weighted by molar-refractivity contribution is 0.0696. The number of carboxylic acid groups (broad SMARTS) is 1. The highest BCUT2D eigenvalue weighted by Crippen LogP contribution is 2.20. The van der Waals surface area contributed by atoms with Crippen molar-refractivity contribution in [3.63, 3.8) is 0 Å². The monoisotopic (exact) mass is 340 g/mol. The highest BCUT2D eigenvalue weighted by molar-refractivity contribution is 5.95. The molecule has 0 saturated carbocycles. The number of carbonyl (C=O) groups is 2. The number of hydrogen-bond donors (Lipinski definition) is 2. The number of ether oxygens (including phenoxy) is 1. The fraction of sp³-hybridized carbons (Fsp3) is 0.316. The predicted molar refractivity (Wildman–Crippen MR) is 92.5 cm³/mol. The number of carboxylic acids is 1. The zero-order valence-electron chi connectivity index (χ0n) is 13.8. The van der Waals surface area contributed by atoms with Crippen LogP contribution >= 0.6 is 0 Å². The van der Waals surface area contributed by atoms with Crippen LogP contribution in [0, 0.1) is 5.92 Å². The van der Waals surface area contributed by atoms with Gasteiger partial charge in [-0.05, 0) is 43.0 Å². The molecule has 1 fully saturated rings. The topological polar surface area (TPSA) is 88.5 Å². The van der Waals surface area contributed by atoms with Crippen LogP contribution in [0.25, 0.3) is 11.3 Å². The van der Waals surface area contributed by atoms with Crippen LogP contribution in [-0.2, 0) is 4.74 Å². The van der Waals surface area contributed by atoms with E-state index in [0.29, 0.717) is 29.3 Å². The van der Waals surface area contributed by atoms with Crippen LogP contribution in [0.2, 0.25) is 0 Å². The SMILES string of the molecule is O=C(O)c1ccnc(-c2cccc(C(=O)NCC[C@@H]3CCOC3)c2)c1. The number of hydrogen-bond acceptors (Lipinski definition) is 4. The van der Waals surface area contributed by atoms with E-state index in [-0.39, 0.29) is 11.5 Å². The van der Waals surface area contributed by atoms with Crippen molar-refractivity contribution in [3.8, 4) is 11.3 Å². The summed E-state index contributed by atoms with van der Waals surface area (Å²) in [6.07, 6.45) is 3.42. The maximum Gasteiger partial charge on any atom is 0.335 e. The zero-order chi connectivity index (χ0) is 17.6. The Morgan fingerprint density at radius 1 is 1.24 bits per heavy atom. The molecule has 2 N–H and O–H groups in total. The first kappa shape index (κ1) is 17.1. The van der Waals surface area contributed by atoms with Crippen molar-refractivity contribution < 1.29 is 19.4 Å². The smallest absolute Gasteiger partial charge is 0.335 e. The van der Waals surface area contributed by atoms with E-state index < -0.39 is 5.97 Å². The number of benzene rings is 1. The van der Waals surface area contributed by atoms with Crippen LogP contribution < -0.4 is 5.32 Å². The van der Waals surface area contributed by atoms with Gasteiger partial charge in [0, 0.05) is 37.1 Å². The fourth-order valence-electron chi connectivity index (χ4n) is 2.84. The Kier molecular flexibility index (Phi) is 5.40. The summed E-state index contributed by atoms with van der Waals surface area (Å²) in [5, 5.41) is 12.0. The number of amides is 1. The molecular formula is C19H20N2O4. The van der Waals surface area contributed by atoms with E-state index in [9.17, 15) is 9.59 Å². The molecular weight excluding hydrogens is 320 g/mol. The molecule has 0 bridgehead atoms. The van der Waals surface area contributed by atoms with Gasteiger partial charge in [-0.1, -0.05) is 12.1 Å². The van der Waals surface area contributed by atoms with Gasteiger partial charge in [0.05, 0.1) is 11.3 Å². The lowest BCUT2D eigenvalue weighted by Crippen LogP contribution is -2.26. The summed E-state index contributed by atoms with van der Waals surface area (Å²) in [5.41, 5.74) is 1.93. The van der Waals surface area contributed by atoms with Crippen molar-refractivity contribution >= 4 is 11.9 Å². The molecule has 0 unspecified atom stereocenters. The molecule has 6 nitrogen and oxygen atoms in total. The minimum Gasteiger partial charge on any atom is -0.478 e. The van der Waals surface area contributed by atoms with Gasteiger partial charge in [-0.3, -0.25) is 9.78 Å². The van der Waals surface area contributed by atoms with Gasteiger partial charge in [0.15, 0.2) is 0 Å². The average molecular weight is 340 g/mol. The summed E-state index contributed by atoms with van der Waals surface area (Å²) in [5.74, 6) is -0.627. The van der Waals surface area contributed by atoms with Crippen LogP contribution in [-0.4, -0.2) is 41.7 Å². The second-order valence-electron chi connectivity index (χ2n) is 6.09. The molecule has 0 spiro atoms. The van der Waals surface area contributed by atoms with E-state index in [1.165, 1.54) is 18.3 Å². The molecule has 0 radical (unpaired) electrons. The van der Waals surface area contributed by atoms with Crippen molar-refractivity contribution in [3.05, 3.63) is 53.7 Å². The van der Waals surface area contributed by atoms with Crippen LogP contribution in [0.15, 0.2) is 42.6 Å². The van der Waals surface area contributed by atoms with Gasteiger partial charge in [-0.2, -0.15) is 0 Å². The Hall–Kier alpha value is -2.73. The number of carbonyl (C=O) groups excluding carboxylic acids is 1. The van der Waals surface area contributed by atoms with Gasteiger partial charge in [0.1, 0.15) is 0 Å². The quantitative estimate of drug-likeness (QED) is 0.844. The number of nitrogens with zero attached hydrogens (tertiary/aromatic N) is 1. The van der Waals surface area contributed by atoms with Gasteiger partial charge in [0.25, 0.3) is 5.91 Å². The van der Waals surface area contributed by atoms with Crippen LogP contribution in [0.4, 0.5) is 0 Å². The van der Waals surface area contributed by atoms with Gasteiger partial charge in [0.2, 0.25) is 0 Å². The lowest BCUT2D eigenvalue weighted by Gasteiger charge is -2.10. The third kappa shape index (κ3) is 4.42. The van der Waals surface area contributed by atoms with Crippen LogP contribution in [0.1, 0.15) is 33.6 Å². The van der Waals surface area contributed by atoms with Crippen LogP contribution in [0.5, 0.6) is 0 Å². The van der Waals surface area contributed by atoms with Crippen molar-refractivity contribution in [2.45, 2.75) is 12.8 Å². The van der Waals surface area contributed by atoms with Crippen molar-refractivity contribution in [2.24, 2.45) is 5.92 Å². The third-order valence-corrected chi connectivity index (χ3v) is 4.29. The molecule has 1 aliphatic heterocycles. The molecule has 2 aromatic rings. The minimum absolute atomic E-state index is 0.143. The maximum atomic E-state index is 12.3. The largest absolute Gasteiger partial charge is 0.478 e. The lowest BCUT2D eigenvalue weighted by atomic mass is 10.0. The molecule has 1 aromatic carbocycles. The Morgan fingerprint density at radius 2 is 2.12 bits per heavy atom. The molecule has 25 heavy (non-hydrogen) atoms. The molecule has 2 heterocycles. The molecule has 1 atom stereocenters. The van der Waals surface area contributed by atoms with Crippen molar-refractivity contribution in [2.75, 3.05) is 19.8 Å². The van der Waals surface area contributed by atoms with E-state index in [0.717, 1.165) is 26.1 Å². The van der Waals surface area contributed by atoms with E-state index in [4.69, 9.17) is 9.84 Å². The number of pyridine rings is 1. The normalized spacial score (nSPS) is 16.6. The summed E-state index contributed by atoms with van der Waals surface area (Å²) in [4.78, 5) is 27.6. The number of rotatable bonds is 6. The first-order valence-corrected chi connectivity index (χ1v) is 8.29. The first-order valence-electron chi connectivity index (χ1n) is 8.29. The third-order valence-electron chi connectivity index (χ3n) is 4.29. The summed E-state index contributed by atoms with van der Waals surface area (Å²) in [6.45, 7) is 2.20.